The van der Waals surface area contributed by atoms with Crippen molar-refractivity contribution < 1.29 is 31.5 Å². The Kier molecular flexibility index (Phi) is 7.23. The van der Waals surface area contributed by atoms with Crippen LogP contribution in [0.25, 0.3) is 0 Å². The van der Waals surface area contributed by atoms with Gasteiger partial charge in [-0.2, -0.15) is 0 Å². The molecule has 0 aromatic heterocycles. The fourth-order valence-corrected chi connectivity index (χ4v) is 3.89. The van der Waals surface area contributed by atoms with Crippen LogP contribution in [0.4, 0.5) is 20.2 Å². The monoisotopic (exact) mass is 475 g/mol. The molecule has 33 heavy (non-hydrogen) atoms. The summed E-state index contributed by atoms with van der Waals surface area (Å²) in [5.41, 5.74) is 0.242. The highest BCUT2D eigenvalue weighted by atomic mass is 32.2. The van der Waals surface area contributed by atoms with E-state index in [4.69, 9.17) is 4.74 Å². The highest BCUT2D eigenvalue weighted by molar-refractivity contribution is 7.92. The molecule has 0 atom stereocenters. The van der Waals surface area contributed by atoms with Gasteiger partial charge in [0.05, 0.1) is 24.2 Å². The molecule has 0 bridgehead atoms. The Balaban J connectivity index is 1.66. The van der Waals surface area contributed by atoms with E-state index in [1.165, 1.54) is 37.4 Å². The van der Waals surface area contributed by atoms with Crippen molar-refractivity contribution >= 4 is 33.2 Å². The van der Waals surface area contributed by atoms with Gasteiger partial charge in [-0.05, 0) is 42.5 Å². The summed E-state index contributed by atoms with van der Waals surface area (Å²) in [4.78, 5) is 24.2. The predicted octanol–water partition coefficient (Wildman–Crippen LogP) is 3.14. The first-order valence-corrected chi connectivity index (χ1v) is 11.0. The lowest BCUT2D eigenvalue weighted by molar-refractivity contribution is -0.115. The van der Waals surface area contributed by atoms with Crippen molar-refractivity contribution in [3.63, 3.8) is 0 Å². The first kappa shape index (κ1) is 23.7. The highest BCUT2D eigenvalue weighted by Gasteiger charge is 2.18. The molecule has 0 unspecified atom stereocenters. The number of sulfonamides is 1. The van der Waals surface area contributed by atoms with Gasteiger partial charge >= 0.3 is 0 Å². The topological polar surface area (TPSA) is 114 Å². The Morgan fingerprint density at radius 3 is 2.42 bits per heavy atom. The lowest BCUT2D eigenvalue weighted by Gasteiger charge is -2.12. The van der Waals surface area contributed by atoms with E-state index >= 15 is 0 Å². The molecule has 0 saturated carbocycles. The number of nitrogens with one attached hydrogen (secondary N) is 3. The van der Waals surface area contributed by atoms with Crippen LogP contribution in [0.2, 0.25) is 0 Å². The van der Waals surface area contributed by atoms with E-state index in [-0.39, 0.29) is 21.8 Å². The number of halogens is 2. The Morgan fingerprint density at radius 1 is 0.939 bits per heavy atom. The largest absolute Gasteiger partial charge is 0.495 e. The van der Waals surface area contributed by atoms with Crippen molar-refractivity contribution in [2.24, 2.45) is 0 Å². The quantitative estimate of drug-likeness (QED) is 0.463. The molecule has 172 valence electrons. The number of amides is 2. The standard InChI is InChI=1S/C22H19F2N3O5S/c1-32-20-8-3-2-7-19(20)27-33(30,31)16-6-4-5-14(11-16)22(29)25-13-21(28)26-15-9-10-17(23)18(24)12-15/h2-12,27H,13H2,1H3,(H,25,29)(H,26,28). The summed E-state index contributed by atoms with van der Waals surface area (Å²) in [5, 5.41) is 4.65. The van der Waals surface area contributed by atoms with Crippen LogP contribution in [-0.2, 0) is 14.8 Å². The van der Waals surface area contributed by atoms with Gasteiger partial charge in [-0.1, -0.05) is 18.2 Å². The average molecular weight is 475 g/mol. The second-order valence-electron chi connectivity index (χ2n) is 6.69. The van der Waals surface area contributed by atoms with Gasteiger partial charge in [0.25, 0.3) is 15.9 Å². The smallest absolute Gasteiger partial charge is 0.262 e. The maximum Gasteiger partial charge on any atom is 0.262 e. The van der Waals surface area contributed by atoms with Crippen LogP contribution < -0.4 is 20.1 Å². The molecule has 11 heteroatoms. The van der Waals surface area contributed by atoms with E-state index in [1.807, 2.05) is 0 Å². The summed E-state index contributed by atoms with van der Waals surface area (Å²) < 4.78 is 59.2. The Bertz CT molecular complexity index is 1300. The third-order valence-corrected chi connectivity index (χ3v) is 5.73. The molecule has 3 N–H and O–H groups in total. The summed E-state index contributed by atoms with van der Waals surface area (Å²) in [6, 6.07) is 14.5. The number of para-hydroxylation sites is 2. The van der Waals surface area contributed by atoms with Crippen molar-refractivity contribution in [3.8, 4) is 5.75 Å². The maximum absolute atomic E-state index is 13.2. The molecule has 0 aliphatic rings. The van der Waals surface area contributed by atoms with Gasteiger partial charge in [0, 0.05) is 17.3 Å². The molecule has 2 amide bonds. The minimum Gasteiger partial charge on any atom is -0.495 e. The molecule has 0 saturated heterocycles. The molecule has 0 spiro atoms. The first-order valence-electron chi connectivity index (χ1n) is 9.48. The van der Waals surface area contributed by atoms with Gasteiger partial charge in [-0.3, -0.25) is 14.3 Å². The van der Waals surface area contributed by atoms with Crippen LogP contribution in [0.3, 0.4) is 0 Å². The summed E-state index contributed by atoms with van der Waals surface area (Å²) in [7, 11) is -2.63. The lowest BCUT2D eigenvalue weighted by atomic mass is 10.2. The Morgan fingerprint density at radius 2 is 1.70 bits per heavy atom. The summed E-state index contributed by atoms with van der Waals surface area (Å²) >= 11 is 0. The zero-order chi connectivity index (χ0) is 24.0. The minimum atomic E-state index is -4.04. The minimum absolute atomic E-state index is 0.00136. The first-order chi connectivity index (χ1) is 15.7. The second kappa shape index (κ2) is 10.1. The molecule has 0 fully saturated rings. The molecular formula is C22H19F2N3O5S. The van der Waals surface area contributed by atoms with Gasteiger partial charge in [0.1, 0.15) is 5.75 Å². The van der Waals surface area contributed by atoms with Crippen molar-refractivity contribution in [1.29, 1.82) is 0 Å². The van der Waals surface area contributed by atoms with E-state index in [2.05, 4.69) is 15.4 Å². The van der Waals surface area contributed by atoms with Gasteiger partial charge in [-0.25, -0.2) is 17.2 Å². The van der Waals surface area contributed by atoms with Gasteiger partial charge in [-0.15, -0.1) is 0 Å². The summed E-state index contributed by atoms with van der Waals surface area (Å²) in [6.07, 6.45) is 0. The summed E-state index contributed by atoms with van der Waals surface area (Å²) in [6.45, 7) is -0.478. The molecule has 8 nitrogen and oxygen atoms in total. The van der Waals surface area contributed by atoms with Crippen molar-refractivity contribution in [3.05, 3.63) is 83.9 Å². The van der Waals surface area contributed by atoms with E-state index in [1.54, 1.807) is 18.2 Å². The maximum atomic E-state index is 13.2. The van der Waals surface area contributed by atoms with Crippen LogP contribution >= 0.6 is 0 Å². The van der Waals surface area contributed by atoms with E-state index in [0.29, 0.717) is 5.75 Å². The highest BCUT2D eigenvalue weighted by Crippen LogP contribution is 2.26. The zero-order valence-corrected chi connectivity index (χ0v) is 18.1. The molecule has 3 aromatic rings. The van der Waals surface area contributed by atoms with E-state index in [9.17, 15) is 26.8 Å². The fraction of sp³-hybridized carbons (Fsp3) is 0.0909. The molecule has 3 aromatic carbocycles. The second-order valence-corrected chi connectivity index (χ2v) is 8.38. The van der Waals surface area contributed by atoms with Crippen LogP contribution in [0.1, 0.15) is 10.4 Å². The third kappa shape index (κ3) is 6.04. The molecule has 3 rings (SSSR count). The number of carbonyl (C=O) groups excluding carboxylic acids is 2. The molecule has 0 heterocycles. The van der Waals surface area contributed by atoms with Gasteiger partial charge in [0.15, 0.2) is 11.6 Å². The Labute approximate surface area is 188 Å². The number of hydrogen-bond acceptors (Lipinski definition) is 5. The number of rotatable bonds is 8. The number of benzene rings is 3. The van der Waals surface area contributed by atoms with Crippen LogP contribution in [-0.4, -0.2) is 33.9 Å². The number of methoxy groups -OCH3 is 1. The lowest BCUT2D eigenvalue weighted by Crippen LogP contribution is -2.33. The summed E-state index contributed by atoms with van der Waals surface area (Å²) in [5.74, 6) is -3.25. The Hall–Kier alpha value is -3.99. The fourth-order valence-electron chi connectivity index (χ4n) is 2.78. The van der Waals surface area contributed by atoms with Crippen molar-refractivity contribution in [2.45, 2.75) is 4.90 Å². The molecular weight excluding hydrogens is 456 g/mol. The number of ether oxygens (including phenoxy) is 1. The number of hydrogen-bond donors (Lipinski definition) is 3. The van der Waals surface area contributed by atoms with Crippen LogP contribution in [0.5, 0.6) is 5.75 Å². The molecule has 0 aliphatic carbocycles. The number of anilines is 2. The van der Waals surface area contributed by atoms with Crippen LogP contribution in [0.15, 0.2) is 71.6 Å². The average Bonchev–Trinajstić information content (AvgIpc) is 2.80. The van der Waals surface area contributed by atoms with Gasteiger partial charge in [0.2, 0.25) is 5.91 Å². The van der Waals surface area contributed by atoms with Gasteiger partial charge < -0.3 is 15.4 Å². The molecule has 0 aliphatic heterocycles. The third-order valence-electron chi connectivity index (χ3n) is 4.37. The van der Waals surface area contributed by atoms with E-state index < -0.39 is 40.0 Å². The normalized spacial score (nSPS) is 10.9. The van der Waals surface area contributed by atoms with Crippen molar-refractivity contribution in [2.75, 3.05) is 23.7 Å². The van der Waals surface area contributed by atoms with Crippen molar-refractivity contribution in [1.82, 2.24) is 5.32 Å². The SMILES string of the molecule is COc1ccccc1NS(=O)(=O)c1cccc(C(=O)NCC(=O)Nc2ccc(F)c(F)c2)c1. The molecule has 0 radical (unpaired) electrons. The van der Waals surface area contributed by atoms with Crippen LogP contribution in [0, 0.1) is 11.6 Å². The van der Waals surface area contributed by atoms with E-state index in [0.717, 1.165) is 18.2 Å². The predicted molar refractivity (Wildman–Crippen MR) is 118 cm³/mol. The zero-order valence-electron chi connectivity index (χ0n) is 17.3. The number of carbonyl (C=O) groups is 2.